The quantitative estimate of drug-likeness (QED) is 0.347. The fourth-order valence-electron chi connectivity index (χ4n) is 3.47. The van der Waals surface area contributed by atoms with E-state index in [0.717, 1.165) is 16.8 Å². The summed E-state index contributed by atoms with van der Waals surface area (Å²) in [7, 11) is 0. The van der Waals surface area contributed by atoms with Gasteiger partial charge in [-0.3, -0.25) is 9.78 Å². The highest BCUT2D eigenvalue weighted by molar-refractivity contribution is 6.30. The minimum Gasteiger partial charge on any atom is -0.394 e. The molecule has 0 aliphatic heterocycles. The second-order valence-electron chi connectivity index (χ2n) is 7.76. The maximum atomic E-state index is 13.5. The Morgan fingerprint density at radius 2 is 2.09 bits per heavy atom. The third kappa shape index (κ3) is 5.41. The largest absolute Gasteiger partial charge is 0.394 e. The van der Waals surface area contributed by atoms with Crippen LogP contribution in [0.2, 0.25) is 5.02 Å². The third-order valence-electron chi connectivity index (χ3n) is 5.34. The number of aromatic nitrogens is 3. The van der Waals surface area contributed by atoms with Gasteiger partial charge in [0.2, 0.25) is 0 Å². The molecule has 0 radical (unpaired) electrons. The highest BCUT2D eigenvalue weighted by Gasteiger charge is 2.17. The summed E-state index contributed by atoms with van der Waals surface area (Å²) in [5.41, 5.74) is 3.76. The maximum Gasteiger partial charge on any atom is 0.253 e. The number of nitrogens with zero attached hydrogens (tertiary/aromatic N) is 3. The average molecular weight is 480 g/mol. The van der Waals surface area contributed by atoms with E-state index in [4.69, 9.17) is 11.6 Å². The lowest BCUT2D eigenvalue weighted by atomic mass is 10.1. The summed E-state index contributed by atoms with van der Waals surface area (Å²) in [6, 6.07) is 10.8. The van der Waals surface area contributed by atoms with Crippen LogP contribution in [0.15, 0.2) is 73.4 Å². The lowest BCUT2D eigenvalue weighted by Gasteiger charge is -2.17. The topological polar surface area (TPSA) is 92.1 Å². The van der Waals surface area contributed by atoms with Gasteiger partial charge < -0.3 is 20.3 Å². The van der Waals surface area contributed by atoms with Gasteiger partial charge in [-0.15, -0.1) is 0 Å². The normalized spacial score (nSPS) is 11.8. The summed E-state index contributed by atoms with van der Waals surface area (Å²) in [4.78, 5) is 21.4. The van der Waals surface area contributed by atoms with Crippen molar-refractivity contribution < 1.29 is 14.3 Å². The Balaban J connectivity index is 1.48. The van der Waals surface area contributed by atoms with Crippen molar-refractivity contribution in [3.8, 4) is 5.69 Å². The third-order valence-corrected chi connectivity index (χ3v) is 5.63. The number of hydrogen-bond acceptors (Lipinski definition) is 5. The number of nitrogens with one attached hydrogen (secondary N) is 2. The number of carbonyl (C=O) groups excluding carboxylic acids is 1. The lowest BCUT2D eigenvalue weighted by molar-refractivity contribution is 0.0916. The second kappa shape index (κ2) is 10.5. The molecule has 0 saturated carbocycles. The van der Waals surface area contributed by atoms with Gasteiger partial charge in [-0.25, -0.2) is 9.37 Å². The molecule has 3 N–H and O–H groups in total. The zero-order valence-corrected chi connectivity index (χ0v) is 19.1. The van der Waals surface area contributed by atoms with E-state index < -0.39 is 11.9 Å². The Bertz CT molecular complexity index is 1300. The van der Waals surface area contributed by atoms with Crippen LogP contribution in [0.25, 0.3) is 5.69 Å². The van der Waals surface area contributed by atoms with Gasteiger partial charge in [0.05, 0.1) is 28.9 Å². The van der Waals surface area contributed by atoms with Crippen molar-refractivity contribution in [1.29, 1.82) is 0 Å². The molecule has 3 aromatic heterocycles. The van der Waals surface area contributed by atoms with Crippen molar-refractivity contribution >= 4 is 23.3 Å². The standard InChI is InChI=1S/C25H23ClFN5O2/c1-16-11-29-24(30-13-17-3-2-7-28-12-17)10-23(16)32-8-6-19(14-32)25(34)31-22(15-33)18-4-5-21(27)20(26)9-18/h2-12,14,22,33H,13,15H2,1H3,(H,29,30)(H,31,34). The molecular formula is C25H23ClFN5O2. The molecule has 3 heterocycles. The van der Waals surface area contributed by atoms with Gasteiger partial charge in [-0.05, 0) is 47.9 Å². The van der Waals surface area contributed by atoms with E-state index in [-0.39, 0.29) is 17.5 Å². The molecule has 1 atom stereocenters. The Morgan fingerprint density at radius 1 is 1.24 bits per heavy atom. The van der Waals surface area contributed by atoms with Crippen LogP contribution in [0.4, 0.5) is 10.2 Å². The maximum absolute atomic E-state index is 13.5. The SMILES string of the molecule is Cc1cnc(NCc2cccnc2)cc1-n1ccc(C(=O)NC(CO)c2ccc(F)c(Cl)c2)c1. The molecule has 0 bridgehead atoms. The molecular weight excluding hydrogens is 457 g/mol. The molecule has 9 heteroatoms. The number of hydrogen-bond donors (Lipinski definition) is 3. The molecule has 1 unspecified atom stereocenters. The fraction of sp³-hybridized carbons (Fsp3) is 0.160. The molecule has 4 rings (SSSR count). The zero-order valence-electron chi connectivity index (χ0n) is 18.4. The number of aryl methyl sites for hydroxylation is 1. The molecule has 7 nitrogen and oxygen atoms in total. The molecule has 0 spiro atoms. The van der Waals surface area contributed by atoms with Gasteiger partial charge in [0.1, 0.15) is 11.6 Å². The molecule has 1 amide bonds. The van der Waals surface area contributed by atoms with E-state index >= 15 is 0 Å². The van der Waals surface area contributed by atoms with Crippen LogP contribution < -0.4 is 10.6 Å². The summed E-state index contributed by atoms with van der Waals surface area (Å²) < 4.78 is 15.3. The van der Waals surface area contributed by atoms with Crippen molar-refractivity contribution in [2.45, 2.75) is 19.5 Å². The summed E-state index contributed by atoms with van der Waals surface area (Å²) in [6.07, 6.45) is 8.77. The number of benzene rings is 1. The molecule has 34 heavy (non-hydrogen) atoms. The minimum absolute atomic E-state index is 0.0718. The molecule has 4 aromatic rings. The van der Waals surface area contributed by atoms with Crippen LogP contribution in [-0.4, -0.2) is 32.2 Å². The smallest absolute Gasteiger partial charge is 0.253 e. The first-order valence-electron chi connectivity index (χ1n) is 10.6. The summed E-state index contributed by atoms with van der Waals surface area (Å²) in [5.74, 6) is -0.245. The van der Waals surface area contributed by atoms with Gasteiger partial charge >= 0.3 is 0 Å². The number of pyridine rings is 2. The van der Waals surface area contributed by atoms with Crippen LogP contribution in [-0.2, 0) is 6.54 Å². The van der Waals surface area contributed by atoms with Crippen LogP contribution >= 0.6 is 11.6 Å². The number of rotatable bonds is 8. The number of anilines is 1. The number of carbonyl (C=O) groups is 1. The van der Waals surface area contributed by atoms with Crippen LogP contribution in [0.1, 0.15) is 33.1 Å². The first-order valence-corrected chi connectivity index (χ1v) is 11.0. The molecule has 1 aromatic carbocycles. The predicted molar refractivity (Wildman–Crippen MR) is 129 cm³/mol. The van der Waals surface area contributed by atoms with E-state index in [1.165, 1.54) is 18.2 Å². The Hall–Kier alpha value is -3.75. The molecule has 0 aliphatic carbocycles. The molecule has 0 fully saturated rings. The first-order chi connectivity index (χ1) is 16.4. The highest BCUT2D eigenvalue weighted by Crippen LogP contribution is 2.22. The first kappa shape index (κ1) is 23.4. The second-order valence-corrected chi connectivity index (χ2v) is 8.17. The summed E-state index contributed by atoms with van der Waals surface area (Å²) >= 11 is 5.84. The van der Waals surface area contributed by atoms with Gasteiger partial charge in [0.15, 0.2) is 0 Å². The van der Waals surface area contributed by atoms with Gasteiger partial charge in [-0.2, -0.15) is 0 Å². The van der Waals surface area contributed by atoms with Crippen molar-refractivity contribution in [2.24, 2.45) is 0 Å². The van der Waals surface area contributed by atoms with Crippen LogP contribution in [0, 0.1) is 12.7 Å². The fourth-order valence-corrected chi connectivity index (χ4v) is 3.66. The number of aliphatic hydroxyl groups is 1. The summed E-state index contributed by atoms with van der Waals surface area (Å²) in [5, 5.41) is 15.7. The van der Waals surface area contributed by atoms with E-state index in [1.54, 1.807) is 37.1 Å². The average Bonchev–Trinajstić information content (AvgIpc) is 3.34. The van der Waals surface area contributed by atoms with Crippen molar-refractivity contribution in [3.05, 3.63) is 107 Å². The van der Waals surface area contributed by atoms with E-state index in [9.17, 15) is 14.3 Å². The summed E-state index contributed by atoms with van der Waals surface area (Å²) in [6.45, 7) is 2.16. The van der Waals surface area contributed by atoms with E-state index in [2.05, 4.69) is 20.6 Å². The zero-order chi connectivity index (χ0) is 24.1. The number of amides is 1. The van der Waals surface area contributed by atoms with Gasteiger partial charge in [0.25, 0.3) is 5.91 Å². The molecule has 174 valence electrons. The van der Waals surface area contributed by atoms with Crippen molar-refractivity contribution in [3.63, 3.8) is 0 Å². The molecule has 0 saturated heterocycles. The van der Waals surface area contributed by atoms with Crippen LogP contribution in [0.5, 0.6) is 0 Å². The Labute approximate surface area is 201 Å². The minimum atomic E-state index is -0.722. The van der Waals surface area contributed by atoms with Gasteiger partial charge in [-0.1, -0.05) is 23.7 Å². The van der Waals surface area contributed by atoms with Crippen molar-refractivity contribution in [2.75, 3.05) is 11.9 Å². The highest BCUT2D eigenvalue weighted by atomic mass is 35.5. The number of aliphatic hydroxyl groups excluding tert-OH is 1. The Kier molecular flexibility index (Phi) is 7.20. The number of halogens is 2. The van der Waals surface area contributed by atoms with Crippen molar-refractivity contribution in [1.82, 2.24) is 19.9 Å². The lowest BCUT2D eigenvalue weighted by Crippen LogP contribution is -2.30. The van der Waals surface area contributed by atoms with E-state index in [1.807, 2.05) is 29.7 Å². The van der Waals surface area contributed by atoms with E-state index in [0.29, 0.717) is 23.5 Å². The van der Waals surface area contributed by atoms with Gasteiger partial charge in [0, 0.05) is 43.6 Å². The monoisotopic (exact) mass is 479 g/mol. The predicted octanol–water partition coefficient (Wildman–Crippen LogP) is 4.44. The molecule has 0 aliphatic rings. The Morgan fingerprint density at radius 3 is 2.82 bits per heavy atom. The van der Waals surface area contributed by atoms with Crippen LogP contribution in [0.3, 0.4) is 0 Å².